The van der Waals surface area contributed by atoms with Crippen LogP contribution in [0.5, 0.6) is 0 Å². The van der Waals surface area contributed by atoms with Crippen molar-refractivity contribution in [1.82, 2.24) is 10.0 Å². The van der Waals surface area contributed by atoms with Gasteiger partial charge in [0.05, 0.1) is 4.90 Å². The predicted molar refractivity (Wildman–Crippen MR) is 172 cm³/mol. The number of amides is 3. The molecule has 1 aliphatic heterocycles. The zero-order valence-corrected chi connectivity index (χ0v) is 27.5. The third-order valence-corrected chi connectivity index (χ3v) is 9.18. The molecular weight excluding hydrogens is 548 g/mol. The zero-order chi connectivity index (χ0) is 31.2. The molecule has 1 heterocycles. The van der Waals surface area contributed by atoms with Crippen molar-refractivity contribution >= 4 is 33.3 Å². The van der Waals surface area contributed by atoms with Crippen LogP contribution < -0.4 is 20.3 Å². The van der Waals surface area contributed by atoms with Gasteiger partial charge in [-0.3, -0.25) is 4.79 Å². The highest BCUT2D eigenvalue weighted by Crippen LogP contribution is 2.33. The van der Waals surface area contributed by atoms with Crippen molar-refractivity contribution in [1.29, 1.82) is 0 Å². The normalized spacial score (nSPS) is 15.1. The topological polar surface area (TPSA) is 108 Å². The van der Waals surface area contributed by atoms with Crippen LogP contribution in [-0.2, 0) is 21.2 Å². The van der Waals surface area contributed by atoms with Gasteiger partial charge in [0.15, 0.2) is 0 Å². The summed E-state index contributed by atoms with van der Waals surface area (Å²) in [4.78, 5) is 27.8. The Hall–Kier alpha value is -3.07. The number of hydrogen-bond donors (Lipinski definition) is 3. The molecule has 0 saturated heterocycles. The molecule has 0 aromatic heterocycles. The highest BCUT2D eigenvalue weighted by atomic mass is 32.2. The summed E-state index contributed by atoms with van der Waals surface area (Å²) in [7, 11) is -4.07. The fourth-order valence-electron chi connectivity index (χ4n) is 5.41. The maximum atomic E-state index is 13.0. The van der Waals surface area contributed by atoms with E-state index in [1.165, 1.54) is 23.4 Å². The van der Waals surface area contributed by atoms with Crippen LogP contribution in [0.3, 0.4) is 0 Å². The van der Waals surface area contributed by atoms with Crippen LogP contribution in [0.15, 0.2) is 41.3 Å². The van der Waals surface area contributed by atoms with Crippen molar-refractivity contribution in [3.05, 3.63) is 53.1 Å². The van der Waals surface area contributed by atoms with Crippen LogP contribution in [-0.4, -0.2) is 39.0 Å². The Morgan fingerprint density at radius 2 is 1.71 bits per heavy atom. The first-order valence-corrected chi connectivity index (χ1v) is 16.7. The molecular formula is C33H50N4O4S. The lowest BCUT2D eigenvalue weighted by Crippen LogP contribution is -2.43. The van der Waals surface area contributed by atoms with Crippen LogP contribution in [0.25, 0.3) is 0 Å². The number of carbonyl (C=O) groups excluding carboxylic acids is 2. The Morgan fingerprint density at radius 3 is 2.31 bits per heavy atom. The number of benzene rings is 2. The number of aryl methyl sites for hydroxylation is 2. The average molecular weight is 599 g/mol. The number of rotatable bonds is 11. The maximum Gasteiger partial charge on any atom is 0.333 e. The number of urea groups is 1. The Kier molecular flexibility index (Phi) is 11.1. The monoisotopic (exact) mass is 598 g/mol. The first-order valence-electron chi connectivity index (χ1n) is 15.2. The van der Waals surface area contributed by atoms with Gasteiger partial charge >= 0.3 is 6.03 Å². The lowest BCUT2D eigenvalue weighted by molar-refractivity contribution is -0.126. The summed E-state index contributed by atoms with van der Waals surface area (Å²) in [5.41, 5.74) is 4.53. The van der Waals surface area contributed by atoms with E-state index in [2.05, 4.69) is 47.1 Å². The SMILES string of the molecule is CCC(CC(C)C(=O)NC(C)(C)C)c1ccc(S(=O)(=O)NC(=O)Nc2cc3c(cc2C)N(CCC(C)C)CCC3)cc1. The van der Waals surface area contributed by atoms with Crippen molar-refractivity contribution in [3.63, 3.8) is 0 Å². The smallest absolute Gasteiger partial charge is 0.333 e. The number of anilines is 2. The number of nitrogens with zero attached hydrogens (tertiary/aromatic N) is 1. The quantitative estimate of drug-likeness (QED) is 0.266. The van der Waals surface area contributed by atoms with Crippen molar-refractivity contribution in [2.45, 2.75) is 104 Å². The molecule has 42 heavy (non-hydrogen) atoms. The summed E-state index contributed by atoms with van der Waals surface area (Å²) >= 11 is 0. The van der Waals surface area contributed by atoms with E-state index in [-0.39, 0.29) is 28.2 Å². The minimum absolute atomic E-state index is 0.00739. The summed E-state index contributed by atoms with van der Waals surface area (Å²) in [6, 6.07) is 9.85. The highest BCUT2D eigenvalue weighted by Gasteiger charge is 2.25. The standard InChI is InChI=1S/C33H50N4O4S/c1-9-25(19-24(5)31(38)35-33(6,7)8)26-12-14-28(15-13-26)42(40,41)36-32(39)34-29-21-27-11-10-17-37(18-16-22(2)3)30(27)20-23(29)4/h12-15,20-22,24-25H,9-11,16-19H2,1-8H3,(H,35,38)(H2,34,36,39). The van der Waals surface area contributed by atoms with Gasteiger partial charge in [-0.1, -0.05) is 39.8 Å². The Morgan fingerprint density at radius 1 is 1.05 bits per heavy atom. The molecule has 2 atom stereocenters. The van der Waals surface area contributed by atoms with E-state index in [4.69, 9.17) is 0 Å². The summed E-state index contributed by atoms with van der Waals surface area (Å²) in [5.74, 6) is 0.556. The van der Waals surface area contributed by atoms with E-state index in [9.17, 15) is 18.0 Å². The number of carbonyl (C=O) groups is 2. The second kappa shape index (κ2) is 13.9. The molecule has 8 nitrogen and oxygen atoms in total. The predicted octanol–water partition coefficient (Wildman–Crippen LogP) is 6.74. The maximum absolute atomic E-state index is 13.0. The van der Waals surface area contributed by atoms with Crippen LogP contribution >= 0.6 is 0 Å². The van der Waals surface area contributed by atoms with Crippen molar-refractivity contribution < 1.29 is 18.0 Å². The number of hydrogen-bond acceptors (Lipinski definition) is 5. The Bertz CT molecular complexity index is 1350. The second-order valence-electron chi connectivity index (χ2n) is 13.2. The van der Waals surface area contributed by atoms with Crippen molar-refractivity contribution in [2.75, 3.05) is 23.3 Å². The molecule has 232 valence electrons. The van der Waals surface area contributed by atoms with E-state index in [0.29, 0.717) is 18.0 Å². The summed E-state index contributed by atoms with van der Waals surface area (Å²) < 4.78 is 28.2. The van der Waals surface area contributed by atoms with E-state index in [0.717, 1.165) is 49.9 Å². The van der Waals surface area contributed by atoms with E-state index in [1.54, 1.807) is 12.1 Å². The Labute approximate surface area is 253 Å². The van der Waals surface area contributed by atoms with Crippen LogP contribution in [0.4, 0.5) is 16.2 Å². The molecule has 1 aliphatic rings. The molecule has 2 aromatic carbocycles. The van der Waals surface area contributed by atoms with E-state index >= 15 is 0 Å². The minimum atomic E-state index is -4.07. The van der Waals surface area contributed by atoms with Gasteiger partial charge in [-0.15, -0.1) is 0 Å². The average Bonchev–Trinajstić information content (AvgIpc) is 2.89. The lowest BCUT2D eigenvalue weighted by Gasteiger charge is -2.33. The molecule has 3 amide bonds. The molecule has 0 spiro atoms. The Balaban J connectivity index is 1.66. The largest absolute Gasteiger partial charge is 0.371 e. The number of sulfonamides is 1. The van der Waals surface area contributed by atoms with Crippen LogP contribution in [0.1, 0.15) is 96.8 Å². The van der Waals surface area contributed by atoms with Gasteiger partial charge in [-0.2, -0.15) is 0 Å². The van der Waals surface area contributed by atoms with Gasteiger partial charge in [-0.05, 0) is 113 Å². The third kappa shape index (κ3) is 9.21. The van der Waals surface area contributed by atoms with Gasteiger partial charge in [0.25, 0.3) is 10.0 Å². The lowest BCUT2D eigenvalue weighted by atomic mass is 9.87. The van der Waals surface area contributed by atoms with Crippen LogP contribution in [0, 0.1) is 18.8 Å². The fourth-order valence-corrected chi connectivity index (χ4v) is 6.31. The summed E-state index contributed by atoms with van der Waals surface area (Å²) in [6.45, 7) is 18.2. The number of fused-ring (bicyclic) bond motifs is 1. The molecule has 0 aliphatic carbocycles. The summed E-state index contributed by atoms with van der Waals surface area (Å²) in [5, 5.41) is 5.78. The molecule has 9 heteroatoms. The molecule has 2 aromatic rings. The molecule has 0 saturated carbocycles. The molecule has 3 rings (SSSR count). The van der Waals surface area contributed by atoms with Crippen molar-refractivity contribution in [2.24, 2.45) is 11.8 Å². The van der Waals surface area contributed by atoms with Gasteiger partial charge < -0.3 is 15.5 Å². The zero-order valence-electron chi connectivity index (χ0n) is 26.6. The van der Waals surface area contributed by atoms with Gasteiger partial charge in [-0.25, -0.2) is 17.9 Å². The summed E-state index contributed by atoms with van der Waals surface area (Å²) in [6.07, 6.45) is 4.56. The third-order valence-electron chi connectivity index (χ3n) is 7.83. The van der Waals surface area contributed by atoms with E-state index in [1.807, 2.05) is 40.7 Å². The molecule has 0 fully saturated rings. The van der Waals surface area contributed by atoms with Gasteiger partial charge in [0, 0.05) is 35.9 Å². The number of nitrogens with one attached hydrogen (secondary N) is 3. The second-order valence-corrected chi connectivity index (χ2v) is 14.9. The molecule has 3 N–H and O–H groups in total. The van der Waals surface area contributed by atoms with Gasteiger partial charge in [0.2, 0.25) is 5.91 Å². The van der Waals surface area contributed by atoms with Gasteiger partial charge in [0.1, 0.15) is 0 Å². The molecule has 0 bridgehead atoms. The van der Waals surface area contributed by atoms with Crippen molar-refractivity contribution in [3.8, 4) is 0 Å². The minimum Gasteiger partial charge on any atom is -0.371 e. The highest BCUT2D eigenvalue weighted by molar-refractivity contribution is 7.90. The first-order chi connectivity index (χ1) is 19.6. The van der Waals surface area contributed by atoms with Crippen LogP contribution in [0.2, 0.25) is 0 Å². The van der Waals surface area contributed by atoms with E-state index < -0.39 is 16.1 Å². The fraction of sp³-hybridized carbons (Fsp3) is 0.576. The first kappa shape index (κ1) is 33.4. The molecule has 2 unspecified atom stereocenters. The molecule has 0 radical (unpaired) electrons.